The summed E-state index contributed by atoms with van der Waals surface area (Å²) in [5.74, 6) is -0.304. The molecule has 1 unspecified atom stereocenters. The van der Waals surface area contributed by atoms with Crippen LogP contribution in [-0.2, 0) is 6.54 Å². The van der Waals surface area contributed by atoms with E-state index in [0.29, 0.717) is 13.1 Å². The molecule has 0 saturated carbocycles. The topological polar surface area (TPSA) is 70.6 Å². The number of amidine groups is 1. The largest absolute Gasteiger partial charge is 0.409 e. The Morgan fingerprint density at radius 2 is 1.81 bits per heavy atom. The first kappa shape index (κ1) is 15.0. The van der Waals surface area contributed by atoms with Crippen molar-refractivity contribution in [2.45, 2.75) is 12.5 Å². The van der Waals surface area contributed by atoms with Gasteiger partial charge >= 0.3 is 0 Å². The molecule has 2 aromatic rings. The molecule has 0 aliphatic rings. The molecule has 0 amide bonds. The fourth-order valence-electron chi connectivity index (χ4n) is 2.11. The van der Waals surface area contributed by atoms with Crippen molar-refractivity contribution in [2.24, 2.45) is 10.9 Å². The maximum atomic E-state index is 12.8. The summed E-state index contributed by atoms with van der Waals surface area (Å²) in [5.41, 5.74) is 7.71. The lowest BCUT2D eigenvalue weighted by atomic mass is 9.98. The van der Waals surface area contributed by atoms with E-state index >= 15 is 0 Å². The maximum absolute atomic E-state index is 12.8. The third-order valence-electron chi connectivity index (χ3n) is 3.27. The van der Waals surface area contributed by atoms with Gasteiger partial charge in [0.1, 0.15) is 11.7 Å². The molecule has 0 heterocycles. The molecule has 0 bridgehead atoms. The first-order valence-corrected chi connectivity index (χ1v) is 6.68. The average molecular weight is 287 g/mol. The van der Waals surface area contributed by atoms with E-state index in [2.05, 4.69) is 10.5 Å². The Morgan fingerprint density at radius 1 is 1.14 bits per heavy atom. The van der Waals surface area contributed by atoms with E-state index in [1.165, 1.54) is 12.1 Å². The van der Waals surface area contributed by atoms with Gasteiger partial charge in [-0.15, -0.1) is 0 Å². The lowest BCUT2D eigenvalue weighted by Crippen LogP contribution is -2.31. The Balaban J connectivity index is 1.98. The molecule has 0 aromatic heterocycles. The van der Waals surface area contributed by atoms with Crippen LogP contribution in [0.5, 0.6) is 0 Å². The zero-order valence-corrected chi connectivity index (χ0v) is 11.5. The van der Waals surface area contributed by atoms with Crippen molar-refractivity contribution in [2.75, 3.05) is 6.54 Å². The van der Waals surface area contributed by atoms with Gasteiger partial charge in [-0.3, -0.25) is 0 Å². The highest BCUT2D eigenvalue weighted by atomic mass is 19.1. The molecule has 0 radical (unpaired) electrons. The van der Waals surface area contributed by atoms with Gasteiger partial charge in [0, 0.05) is 13.1 Å². The smallest absolute Gasteiger partial charge is 0.147 e. The normalized spacial score (nSPS) is 13.1. The summed E-state index contributed by atoms with van der Waals surface area (Å²) in [6.07, 6.45) is 0. The van der Waals surface area contributed by atoms with Crippen molar-refractivity contribution in [3.63, 3.8) is 0 Å². The van der Waals surface area contributed by atoms with Gasteiger partial charge in [0.25, 0.3) is 0 Å². The first-order valence-electron chi connectivity index (χ1n) is 6.68. The lowest BCUT2D eigenvalue weighted by molar-refractivity contribution is 0.315. The van der Waals surface area contributed by atoms with Gasteiger partial charge in [-0.25, -0.2) is 4.39 Å². The van der Waals surface area contributed by atoms with Gasteiger partial charge in [0.2, 0.25) is 0 Å². The van der Waals surface area contributed by atoms with Gasteiger partial charge in [-0.1, -0.05) is 47.6 Å². The fraction of sp³-hybridized carbons (Fsp3) is 0.188. The number of hydrogen-bond donors (Lipinski definition) is 3. The van der Waals surface area contributed by atoms with E-state index in [1.54, 1.807) is 12.1 Å². The molecule has 0 fully saturated rings. The van der Waals surface area contributed by atoms with E-state index in [9.17, 15) is 4.39 Å². The van der Waals surface area contributed by atoms with Gasteiger partial charge < -0.3 is 16.3 Å². The molecule has 0 saturated heterocycles. The van der Waals surface area contributed by atoms with Crippen LogP contribution in [0.3, 0.4) is 0 Å². The molecule has 21 heavy (non-hydrogen) atoms. The van der Waals surface area contributed by atoms with Crippen LogP contribution in [0, 0.1) is 5.82 Å². The van der Waals surface area contributed by atoms with E-state index in [-0.39, 0.29) is 17.6 Å². The average Bonchev–Trinajstić information content (AvgIpc) is 2.53. The van der Waals surface area contributed by atoms with Crippen molar-refractivity contribution in [3.05, 3.63) is 71.5 Å². The van der Waals surface area contributed by atoms with E-state index < -0.39 is 0 Å². The van der Waals surface area contributed by atoms with Gasteiger partial charge in [0.05, 0.1) is 5.92 Å². The Labute approximate surface area is 123 Å². The van der Waals surface area contributed by atoms with Crippen LogP contribution in [-0.4, -0.2) is 17.6 Å². The molecule has 5 heteroatoms. The first-order chi connectivity index (χ1) is 10.2. The molecule has 110 valence electrons. The molecule has 1 atom stereocenters. The van der Waals surface area contributed by atoms with Crippen molar-refractivity contribution in [1.82, 2.24) is 5.32 Å². The molecule has 4 N–H and O–H groups in total. The molecule has 0 aliphatic carbocycles. The molecular formula is C16H18FN3O. The third-order valence-corrected chi connectivity index (χ3v) is 3.27. The number of rotatable bonds is 6. The molecular weight excluding hydrogens is 269 g/mol. The van der Waals surface area contributed by atoms with E-state index in [0.717, 1.165) is 11.1 Å². The number of nitrogens with one attached hydrogen (secondary N) is 1. The van der Waals surface area contributed by atoms with Crippen molar-refractivity contribution in [1.29, 1.82) is 0 Å². The zero-order valence-electron chi connectivity index (χ0n) is 11.5. The minimum Gasteiger partial charge on any atom is -0.409 e. The van der Waals surface area contributed by atoms with Crippen molar-refractivity contribution >= 4 is 5.84 Å². The summed E-state index contributed by atoms with van der Waals surface area (Å²) in [6.45, 7) is 1.11. The number of benzene rings is 2. The predicted octanol–water partition coefficient (Wildman–Crippen LogP) is 2.45. The number of nitrogens with zero attached hydrogens (tertiary/aromatic N) is 1. The standard InChI is InChI=1S/C16H18FN3O/c17-14-8-6-12(7-9-14)10-19-11-15(16(18)20-21)13-4-2-1-3-5-13/h1-9,15,19,21H,10-11H2,(H2,18,20). The second kappa shape index (κ2) is 7.40. The van der Waals surface area contributed by atoms with Crippen LogP contribution >= 0.6 is 0 Å². The number of nitrogens with two attached hydrogens (primary N) is 1. The minimum absolute atomic E-state index is 0.160. The lowest BCUT2D eigenvalue weighted by Gasteiger charge is -2.16. The second-order valence-corrected chi connectivity index (χ2v) is 4.75. The second-order valence-electron chi connectivity index (χ2n) is 4.75. The van der Waals surface area contributed by atoms with E-state index in [1.807, 2.05) is 30.3 Å². The summed E-state index contributed by atoms with van der Waals surface area (Å²) < 4.78 is 12.8. The van der Waals surface area contributed by atoms with Crippen molar-refractivity contribution in [3.8, 4) is 0 Å². The third kappa shape index (κ3) is 4.29. The SMILES string of the molecule is NC(=NO)C(CNCc1ccc(F)cc1)c1ccccc1. The number of halogens is 1. The van der Waals surface area contributed by atoms with Crippen LogP contribution < -0.4 is 11.1 Å². The van der Waals surface area contributed by atoms with Crippen molar-refractivity contribution < 1.29 is 9.60 Å². The summed E-state index contributed by atoms with van der Waals surface area (Å²) in [7, 11) is 0. The van der Waals surface area contributed by atoms with Crippen LogP contribution in [0.25, 0.3) is 0 Å². The fourth-order valence-corrected chi connectivity index (χ4v) is 2.11. The Hall–Kier alpha value is -2.40. The molecule has 2 rings (SSSR count). The number of hydrogen-bond acceptors (Lipinski definition) is 3. The molecule has 2 aromatic carbocycles. The van der Waals surface area contributed by atoms with Crippen LogP contribution in [0.4, 0.5) is 4.39 Å². The number of oxime groups is 1. The van der Waals surface area contributed by atoms with Crippen LogP contribution in [0.2, 0.25) is 0 Å². The van der Waals surface area contributed by atoms with Gasteiger partial charge in [-0.2, -0.15) is 0 Å². The molecule has 4 nitrogen and oxygen atoms in total. The predicted molar refractivity (Wildman–Crippen MR) is 80.7 cm³/mol. The highest BCUT2D eigenvalue weighted by molar-refractivity contribution is 5.87. The Morgan fingerprint density at radius 3 is 2.43 bits per heavy atom. The molecule has 0 spiro atoms. The Kier molecular flexibility index (Phi) is 5.29. The highest BCUT2D eigenvalue weighted by Crippen LogP contribution is 2.15. The highest BCUT2D eigenvalue weighted by Gasteiger charge is 2.15. The van der Waals surface area contributed by atoms with E-state index in [4.69, 9.17) is 10.9 Å². The quantitative estimate of drug-likeness (QED) is 0.331. The van der Waals surface area contributed by atoms with Crippen LogP contribution in [0.15, 0.2) is 59.8 Å². The summed E-state index contributed by atoms with van der Waals surface area (Å²) in [6, 6.07) is 15.9. The van der Waals surface area contributed by atoms with Crippen LogP contribution in [0.1, 0.15) is 17.0 Å². The van der Waals surface area contributed by atoms with Gasteiger partial charge in [-0.05, 0) is 23.3 Å². The molecule has 0 aliphatic heterocycles. The monoisotopic (exact) mass is 287 g/mol. The maximum Gasteiger partial charge on any atom is 0.147 e. The summed E-state index contributed by atoms with van der Waals surface area (Å²) in [5, 5.41) is 15.3. The minimum atomic E-state index is -0.252. The Bertz CT molecular complexity index is 584. The van der Waals surface area contributed by atoms with Gasteiger partial charge in [0.15, 0.2) is 0 Å². The summed E-state index contributed by atoms with van der Waals surface area (Å²) in [4.78, 5) is 0. The summed E-state index contributed by atoms with van der Waals surface area (Å²) >= 11 is 0. The zero-order chi connectivity index (χ0) is 15.1.